The molecule has 0 aromatic heterocycles. The lowest BCUT2D eigenvalue weighted by atomic mass is 10.1. The molecule has 0 spiro atoms. The first-order chi connectivity index (χ1) is 12.4. The second-order valence-corrected chi connectivity index (χ2v) is 7.11. The van der Waals surface area contributed by atoms with Gasteiger partial charge in [-0.1, -0.05) is 24.3 Å². The van der Waals surface area contributed by atoms with E-state index in [1.807, 2.05) is 0 Å². The van der Waals surface area contributed by atoms with Crippen molar-refractivity contribution < 1.29 is 27.7 Å². The van der Waals surface area contributed by atoms with E-state index in [2.05, 4.69) is 5.32 Å². The summed E-state index contributed by atoms with van der Waals surface area (Å²) in [7, 11) is -1.38. The number of hydrogen-bond donors (Lipinski definition) is 2. The van der Waals surface area contributed by atoms with E-state index < -0.39 is 40.4 Å². The third kappa shape index (κ3) is 5.73. The van der Waals surface area contributed by atoms with Gasteiger partial charge in [0.1, 0.15) is 6.04 Å². The minimum absolute atomic E-state index is 0.0274. The van der Waals surface area contributed by atoms with Gasteiger partial charge in [0.05, 0.1) is 17.2 Å². The molecular formula is C18H17F2NO4S. The molecule has 8 heteroatoms. The number of benzene rings is 2. The van der Waals surface area contributed by atoms with Gasteiger partial charge in [0.15, 0.2) is 11.6 Å². The van der Waals surface area contributed by atoms with Crippen LogP contribution in [0.3, 0.4) is 0 Å². The molecule has 0 aliphatic carbocycles. The van der Waals surface area contributed by atoms with Crippen molar-refractivity contribution >= 4 is 22.7 Å². The average Bonchev–Trinajstić information content (AvgIpc) is 2.62. The molecule has 1 amide bonds. The van der Waals surface area contributed by atoms with Gasteiger partial charge in [0, 0.05) is 10.6 Å². The highest BCUT2D eigenvalue weighted by Crippen LogP contribution is 2.10. The van der Waals surface area contributed by atoms with E-state index in [9.17, 15) is 27.7 Å². The monoisotopic (exact) mass is 381 g/mol. The van der Waals surface area contributed by atoms with Crippen LogP contribution in [0.4, 0.5) is 8.78 Å². The summed E-state index contributed by atoms with van der Waals surface area (Å²) in [6.07, 6.45) is -0.316. The van der Waals surface area contributed by atoms with Gasteiger partial charge in [0.25, 0.3) is 0 Å². The molecule has 0 unspecified atom stereocenters. The highest BCUT2D eigenvalue weighted by molar-refractivity contribution is 7.85. The number of halogens is 2. The van der Waals surface area contributed by atoms with Gasteiger partial charge in [-0.05, 0) is 36.2 Å². The molecule has 0 heterocycles. The van der Waals surface area contributed by atoms with Crippen molar-refractivity contribution in [2.75, 3.05) is 5.75 Å². The van der Waals surface area contributed by atoms with Crippen LogP contribution in [-0.4, -0.2) is 33.0 Å². The fourth-order valence-electron chi connectivity index (χ4n) is 2.25. The van der Waals surface area contributed by atoms with E-state index in [4.69, 9.17) is 0 Å². The number of amides is 1. The molecule has 26 heavy (non-hydrogen) atoms. The van der Waals surface area contributed by atoms with E-state index in [0.717, 1.165) is 12.1 Å². The van der Waals surface area contributed by atoms with Crippen LogP contribution in [0.5, 0.6) is 0 Å². The fraction of sp³-hybridized carbons (Fsp3) is 0.222. The molecule has 0 saturated carbocycles. The number of carbonyl (C=O) groups excluding carboxylic acids is 1. The van der Waals surface area contributed by atoms with Crippen LogP contribution >= 0.6 is 0 Å². The van der Waals surface area contributed by atoms with Gasteiger partial charge in [-0.15, -0.1) is 0 Å². The highest BCUT2D eigenvalue weighted by atomic mass is 32.2. The van der Waals surface area contributed by atoms with Crippen LogP contribution in [0.1, 0.15) is 12.0 Å². The Hall–Kier alpha value is -2.61. The molecule has 0 saturated heterocycles. The third-order valence-electron chi connectivity index (χ3n) is 3.58. The van der Waals surface area contributed by atoms with Gasteiger partial charge in [0.2, 0.25) is 5.91 Å². The van der Waals surface area contributed by atoms with Crippen LogP contribution < -0.4 is 5.32 Å². The molecule has 138 valence electrons. The molecule has 0 radical (unpaired) electrons. The maximum atomic E-state index is 13.2. The van der Waals surface area contributed by atoms with E-state index in [0.29, 0.717) is 4.90 Å². The van der Waals surface area contributed by atoms with Crippen molar-refractivity contribution in [1.82, 2.24) is 5.32 Å². The zero-order chi connectivity index (χ0) is 19.1. The zero-order valence-corrected chi connectivity index (χ0v) is 14.5. The van der Waals surface area contributed by atoms with Gasteiger partial charge in [-0.2, -0.15) is 0 Å². The Morgan fingerprint density at radius 2 is 1.77 bits per heavy atom. The number of hydrogen-bond acceptors (Lipinski definition) is 3. The lowest BCUT2D eigenvalue weighted by Gasteiger charge is -2.14. The topological polar surface area (TPSA) is 83.5 Å². The van der Waals surface area contributed by atoms with Crippen LogP contribution in [0.15, 0.2) is 53.4 Å². The third-order valence-corrected chi connectivity index (χ3v) is 4.98. The second kappa shape index (κ2) is 9.19. The summed E-state index contributed by atoms with van der Waals surface area (Å²) < 4.78 is 38.2. The molecule has 2 atom stereocenters. The number of carboxylic acids is 1. The van der Waals surface area contributed by atoms with Gasteiger partial charge >= 0.3 is 5.97 Å². The van der Waals surface area contributed by atoms with Crippen molar-refractivity contribution in [1.29, 1.82) is 0 Å². The van der Waals surface area contributed by atoms with Crippen LogP contribution in [0.25, 0.3) is 0 Å². The molecule has 2 N–H and O–H groups in total. The van der Waals surface area contributed by atoms with Crippen molar-refractivity contribution in [2.45, 2.75) is 23.8 Å². The number of carbonyl (C=O) groups is 2. The first kappa shape index (κ1) is 19.7. The molecule has 0 aliphatic rings. The molecule has 0 aliphatic heterocycles. The summed E-state index contributed by atoms with van der Waals surface area (Å²) in [5, 5.41) is 11.5. The summed E-state index contributed by atoms with van der Waals surface area (Å²) in [4.78, 5) is 23.9. The lowest BCUT2D eigenvalue weighted by molar-refractivity contribution is -0.141. The number of rotatable bonds is 8. The van der Waals surface area contributed by atoms with Crippen molar-refractivity contribution in [3.63, 3.8) is 0 Å². The SMILES string of the molecule is O=C(Cc1ccc(F)c(F)c1)N[C@@H](CC[S@@](=O)c1ccccc1)C(=O)O. The first-order valence-corrected chi connectivity index (χ1v) is 9.08. The Morgan fingerprint density at radius 1 is 1.08 bits per heavy atom. The average molecular weight is 381 g/mol. The Labute approximate surface area is 151 Å². The maximum absolute atomic E-state index is 13.2. The molecule has 2 rings (SSSR count). The van der Waals surface area contributed by atoms with E-state index in [-0.39, 0.29) is 24.2 Å². The Kier molecular flexibility index (Phi) is 6.97. The molecule has 0 fully saturated rings. The summed E-state index contributed by atoms with van der Waals surface area (Å²) in [5.74, 6) is -3.95. The number of carboxylic acid groups (broad SMARTS) is 1. The first-order valence-electron chi connectivity index (χ1n) is 7.76. The summed E-state index contributed by atoms with van der Waals surface area (Å²) >= 11 is 0. The summed E-state index contributed by atoms with van der Waals surface area (Å²) in [6, 6.07) is 10.4. The van der Waals surface area contributed by atoms with Crippen molar-refractivity contribution in [2.24, 2.45) is 0 Å². The van der Waals surface area contributed by atoms with Gasteiger partial charge < -0.3 is 10.4 Å². The lowest BCUT2D eigenvalue weighted by Crippen LogP contribution is -2.42. The largest absolute Gasteiger partial charge is 0.480 e. The van der Waals surface area contributed by atoms with Crippen LogP contribution in [0, 0.1) is 11.6 Å². The van der Waals surface area contributed by atoms with Gasteiger partial charge in [-0.3, -0.25) is 9.00 Å². The van der Waals surface area contributed by atoms with Crippen LogP contribution in [0.2, 0.25) is 0 Å². The molecule has 5 nitrogen and oxygen atoms in total. The standard InChI is InChI=1S/C18H17F2NO4S/c19-14-7-6-12(10-15(14)20)11-17(22)21-16(18(23)24)8-9-26(25)13-4-2-1-3-5-13/h1-7,10,16H,8-9,11H2,(H,21,22)(H,23,24)/t16-,26+/m0/s1. The predicted octanol–water partition coefficient (Wildman–Crippen LogP) is 2.27. The smallest absolute Gasteiger partial charge is 0.326 e. The van der Waals surface area contributed by atoms with Crippen molar-refractivity contribution in [3.05, 3.63) is 65.7 Å². The Balaban J connectivity index is 1.92. The van der Waals surface area contributed by atoms with E-state index in [1.54, 1.807) is 30.3 Å². The second-order valence-electron chi connectivity index (χ2n) is 5.53. The highest BCUT2D eigenvalue weighted by Gasteiger charge is 2.21. The summed E-state index contributed by atoms with van der Waals surface area (Å²) in [5.41, 5.74) is 0.221. The Morgan fingerprint density at radius 3 is 2.38 bits per heavy atom. The minimum Gasteiger partial charge on any atom is -0.480 e. The summed E-state index contributed by atoms with van der Waals surface area (Å²) in [6.45, 7) is 0. The zero-order valence-electron chi connectivity index (χ0n) is 13.7. The quantitative estimate of drug-likeness (QED) is 0.735. The fourth-order valence-corrected chi connectivity index (χ4v) is 3.40. The normalized spacial score (nSPS) is 13.0. The van der Waals surface area contributed by atoms with Gasteiger partial charge in [-0.25, -0.2) is 13.6 Å². The molecule has 2 aromatic rings. The van der Waals surface area contributed by atoms with Crippen molar-refractivity contribution in [3.8, 4) is 0 Å². The minimum atomic E-state index is -1.38. The van der Waals surface area contributed by atoms with E-state index in [1.165, 1.54) is 6.07 Å². The van der Waals surface area contributed by atoms with Crippen LogP contribution in [-0.2, 0) is 26.8 Å². The molecule has 2 aromatic carbocycles. The molecule has 0 bridgehead atoms. The Bertz CT molecular complexity index is 814. The number of nitrogens with one attached hydrogen (secondary N) is 1. The molecular weight excluding hydrogens is 364 g/mol. The predicted molar refractivity (Wildman–Crippen MR) is 92.0 cm³/mol. The maximum Gasteiger partial charge on any atom is 0.326 e. The number of aliphatic carboxylic acids is 1. The van der Waals surface area contributed by atoms with E-state index >= 15 is 0 Å².